The second kappa shape index (κ2) is 5.77. The molecule has 0 radical (unpaired) electrons. The molecule has 6 heteroatoms. The molecular formula is C15H11BrClFN2O. The summed E-state index contributed by atoms with van der Waals surface area (Å²) in [5, 5.41) is 1.34. The minimum atomic E-state index is -0.535. The van der Waals surface area contributed by atoms with E-state index in [2.05, 4.69) is 21.4 Å². The molecule has 0 aliphatic carbocycles. The van der Waals surface area contributed by atoms with Crippen LogP contribution in [0.3, 0.4) is 0 Å². The third-order valence-corrected chi connectivity index (χ3v) is 4.20. The number of nitrogens with one attached hydrogen (secondary N) is 1. The number of hydrogen-bond donors (Lipinski definition) is 2. The zero-order valence-electron chi connectivity index (χ0n) is 10.7. The molecule has 108 valence electrons. The Morgan fingerprint density at radius 2 is 2.05 bits per heavy atom. The van der Waals surface area contributed by atoms with Gasteiger partial charge in [-0.25, -0.2) is 9.82 Å². The van der Waals surface area contributed by atoms with Gasteiger partial charge >= 0.3 is 0 Å². The van der Waals surface area contributed by atoms with Crippen molar-refractivity contribution in [3.63, 3.8) is 0 Å². The zero-order valence-corrected chi connectivity index (χ0v) is 13.1. The number of rotatable bonds is 3. The lowest BCUT2D eigenvalue weighted by molar-refractivity contribution is 0.475. The third kappa shape index (κ3) is 2.70. The topological polar surface area (TPSA) is 51.2 Å². The molecule has 0 aliphatic rings. The van der Waals surface area contributed by atoms with Crippen molar-refractivity contribution in [1.82, 2.24) is 5.43 Å². The molecule has 0 aliphatic heterocycles. The highest BCUT2D eigenvalue weighted by Gasteiger charge is 2.21. The molecule has 3 rings (SSSR count). The number of nitrogens with two attached hydrogens (primary N) is 1. The van der Waals surface area contributed by atoms with Gasteiger partial charge in [-0.05, 0) is 51.8 Å². The molecule has 2 aromatic carbocycles. The first kappa shape index (κ1) is 14.5. The number of para-hydroxylation sites is 1. The summed E-state index contributed by atoms with van der Waals surface area (Å²) in [6.07, 6.45) is 0. The van der Waals surface area contributed by atoms with Crippen molar-refractivity contribution in [2.45, 2.75) is 6.04 Å². The van der Waals surface area contributed by atoms with E-state index in [0.717, 1.165) is 9.86 Å². The van der Waals surface area contributed by atoms with Crippen molar-refractivity contribution in [2.24, 2.45) is 5.84 Å². The quantitative estimate of drug-likeness (QED) is 0.526. The van der Waals surface area contributed by atoms with Crippen molar-refractivity contribution in [3.05, 3.63) is 69.1 Å². The molecule has 1 aromatic heterocycles. The Labute approximate surface area is 134 Å². The zero-order chi connectivity index (χ0) is 15.0. The smallest absolute Gasteiger partial charge is 0.148 e. The number of hydrogen-bond acceptors (Lipinski definition) is 3. The van der Waals surface area contributed by atoms with Crippen molar-refractivity contribution in [1.29, 1.82) is 0 Å². The van der Waals surface area contributed by atoms with Gasteiger partial charge in [0.05, 0.1) is 4.47 Å². The largest absolute Gasteiger partial charge is 0.458 e. The van der Waals surface area contributed by atoms with Gasteiger partial charge in [-0.3, -0.25) is 5.84 Å². The fourth-order valence-corrected chi connectivity index (χ4v) is 2.94. The van der Waals surface area contributed by atoms with E-state index in [1.54, 1.807) is 0 Å². The van der Waals surface area contributed by atoms with Gasteiger partial charge in [0.15, 0.2) is 0 Å². The van der Waals surface area contributed by atoms with Crippen molar-refractivity contribution < 1.29 is 8.81 Å². The molecular weight excluding hydrogens is 359 g/mol. The van der Waals surface area contributed by atoms with Crippen molar-refractivity contribution >= 4 is 38.5 Å². The van der Waals surface area contributed by atoms with E-state index >= 15 is 0 Å². The Balaban J connectivity index is 2.13. The average molecular weight is 370 g/mol. The van der Waals surface area contributed by atoms with E-state index < -0.39 is 6.04 Å². The molecule has 3 aromatic rings. The van der Waals surface area contributed by atoms with Crippen molar-refractivity contribution in [2.75, 3.05) is 0 Å². The monoisotopic (exact) mass is 368 g/mol. The Bertz CT molecular complexity index is 805. The summed E-state index contributed by atoms with van der Waals surface area (Å²) in [7, 11) is 0. The number of furan rings is 1. The normalized spacial score (nSPS) is 12.8. The summed E-state index contributed by atoms with van der Waals surface area (Å²) < 4.78 is 20.1. The Hall–Kier alpha value is -1.40. The van der Waals surface area contributed by atoms with Gasteiger partial charge < -0.3 is 4.42 Å². The number of fused-ring (bicyclic) bond motifs is 1. The van der Waals surface area contributed by atoms with Gasteiger partial charge in [0.2, 0.25) is 0 Å². The van der Waals surface area contributed by atoms with Crippen molar-refractivity contribution in [3.8, 4) is 0 Å². The fourth-order valence-electron chi connectivity index (χ4n) is 2.25. The predicted molar refractivity (Wildman–Crippen MR) is 84.5 cm³/mol. The maximum atomic E-state index is 13.5. The first-order chi connectivity index (χ1) is 10.1. The van der Waals surface area contributed by atoms with E-state index in [0.29, 0.717) is 21.9 Å². The molecule has 1 unspecified atom stereocenters. The Morgan fingerprint density at radius 3 is 2.76 bits per heavy atom. The van der Waals surface area contributed by atoms with Gasteiger partial charge in [0.1, 0.15) is 23.2 Å². The highest BCUT2D eigenvalue weighted by Crippen LogP contribution is 2.34. The lowest BCUT2D eigenvalue weighted by Gasteiger charge is -2.15. The minimum absolute atomic E-state index is 0.382. The molecule has 0 saturated heterocycles. The molecule has 0 spiro atoms. The molecule has 1 heterocycles. The first-order valence-electron chi connectivity index (χ1n) is 6.19. The maximum Gasteiger partial charge on any atom is 0.148 e. The summed E-state index contributed by atoms with van der Waals surface area (Å²) in [4.78, 5) is 0. The fraction of sp³-hybridized carbons (Fsp3) is 0.0667. The Morgan fingerprint density at radius 1 is 1.24 bits per heavy atom. The molecule has 21 heavy (non-hydrogen) atoms. The molecule has 0 saturated carbocycles. The van der Waals surface area contributed by atoms with Gasteiger partial charge in [-0.15, -0.1) is 0 Å². The van der Waals surface area contributed by atoms with Crippen LogP contribution in [0.15, 0.2) is 51.4 Å². The Kier molecular flexibility index (Phi) is 3.99. The molecule has 3 nitrogen and oxygen atoms in total. The molecule has 0 bridgehead atoms. The van der Waals surface area contributed by atoms with E-state index in [-0.39, 0.29) is 5.82 Å². The molecule has 0 fully saturated rings. The summed E-state index contributed by atoms with van der Waals surface area (Å²) in [5.41, 5.74) is 3.85. The number of benzene rings is 2. The lowest BCUT2D eigenvalue weighted by atomic mass is 10.0. The SMILES string of the molecule is NNC(c1cc2cccc(Br)c2o1)c1cc(F)ccc1Cl. The van der Waals surface area contributed by atoms with Gasteiger partial charge in [0.25, 0.3) is 0 Å². The number of hydrazine groups is 1. The third-order valence-electron chi connectivity index (χ3n) is 3.24. The number of halogens is 3. The van der Waals surface area contributed by atoms with Crippen LogP contribution in [0.1, 0.15) is 17.4 Å². The molecule has 0 amide bonds. The highest BCUT2D eigenvalue weighted by molar-refractivity contribution is 9.10. The van der Waals surface area contributed by atoms with Crippen LogP contribution < -0.4 is 11.3 Å². The standard InChI is InChI=1S/C15H11BrClFN2O/c16-11-3-1-2-8-6-13(21-15(8)11)14(20-19)10-7-9(18)4-5-12(10)17/h1-7,14,20H,19H2. The second-order valence-corrected chi connectivity index (χ2v) is 5.83. The van der Waals surface area contributed by atoms with Gasteiger partial charge in [-0.2, -0.15) is 0 Å². The van der Waals surface area contributed by atoms with E-state index in [9.17, 15) is 4.39 Å². The summed E-state index contributed by atoms with van der Waals surface area (Å²) in [6.45, 7) is 0. The van der Waals surface area contributed by atoms with Crippen LogP contribution in [0.5, 0.6) is 0 Å². The average Bonchev–Trinajstić information content (AvgIpc) is 2.89. The summed E-state index contributed by atoms with van der Waals surface area (Å²) in [5.74, 6) is 5.79. The van der Waals surface area contributed by atoms with E-state index in [1.807, 2.05) is 24.3 Å². The van der Waals surface area contributed by atoms with Crippen LogP contribution >= 0.6 is 27.5 Å². The highest BCUT2D eigenvalue weighted by atomic mass is 79.9. The first-order valence-corrected chi connectivity index (χ1v) is 7.36. The second-order valence-electron chi connectivity index (χ2n) is 4.57. The van der Waals surface area contributed by atoms with Crippen LogP contribution in [0.2, 0.25) is 5.02 Å². The van der Waals surface area contributed by atoms with Crippen LogP contribution in [-0.2, 0) is 0 Å². The van der Waals surface area contributed by atoms with Gasteiger partial charge in [-0.1, -0.05) is 23.7 Å². The van der Waals surface area contributed by atoms with Crippen LogP contribution in [0.25, 0.3) is 11.0 Å². The van der Waals surface area contributed by atoms with Crippen LogP contribution in [0.4, 0.5) is 4.39 Å². The molecule has 1 atom stereocenters. The minimum Gasteiger partial charge on any atom is -0.458 e. The summed E-state index contributed by atoms with van der Waals surface area (Å²) >= 11 is 9.57. The maximum absolute atomic E-state index is 13.5. The summed E-state index contributed by atoms with van der Waals surface area (Å²) in [6, 6.07) is 11.2. The van der Waals surface area contributed by atoms with E-state index in [1.165, 1.54) is 18.2 Å². The van der Waals surface area contributed by atoms with Crippen LogP contribution in [-0.4, -0.2) is 0 Å². The van der Waals surface area contributed by atoms with Gasteiger partial charge in [0, 0.05) is 10.4 Å². The lowest BCUT2D eigenvalue weighted by Crippen LogP contribution is -2.28. The molecule has 3 N–H and O–H groups in total. The predicted octanol–water partition coefficient (Wildman–Crippen LogP) is 4.54. The van der Waals surface area contributed by atoms with Crippen LogP contribution in [0, 0.1) is 5.82 Å². The van der Waals surface area contributed by atoms with E-state index in [4.69, 9.17) is 21.9 Å².